The predicted octanol–water partition coefficient (Wildman–Crippen LogP) is 5.65. The molecule has 1 aliphatic heterocycles. The molecule has 0 saturated carbocycles. The van der Waals surface area contributed by atoms with Crippen LogP contribution in [0.3, 0.4) is 0 Å². The van der Waals surface area contributed by atoms with Gasteiger partial charge in [0.05, 0.1) is 17.1 Å². The summed E-state index contributed by atoms with van der Waals surface area (Å²) in [5.74, 6) is -0.269. The molecule has 0 aliphatic carbocycles. The molecule has 0 bridgehead atoms. The molecule has 0 radical (unpaired) electrons. The Hall–Kier alpha value is -2.90. The fourth-order valence-corrected chi connectivity index (χ4v) is 3.71. The van der Waals surface area contributed by atoms with Gasteiger partial charge < -0.3 is 0 Å². The molecule has 6 nitrogen and oxygen atoms in total. The molecule has 0 saturated heterocycles. The van der Waals surface area contributed by atoms with E-state index in [1.54, 1.807) is 25.1 Å². The summed E-state index contributed by atoms with van der Waals surface area (Å²) in [5, 5.41) is 17.1. The SMILES string of the molecule is CC1=NN(c2nc(-c3ccccc3)cs2)C(=O)[C@@H]1N=Nc1cccc(Cl)c1C. The molecule has 1 aliphatic rings. The van der Waals surface area contributed by atoms with E-state index in [1.807, 2.05) is 42.6 Å². The van der Waals surface area contributed by atoms with Gasteiger partial charge in [-0.05, 0) is 31.5 Å². The van der Waals surface area contributed by atoms with Gasteiger partial charge in [0, 0.05) is 16.0 Å². The van der Waals surface area contributed by atoms with E-state index < -0.39 is 6.04 Å². The van der Waals surface area contributed by atoms with Gasteiger partial charge in [-0.15, -0.1) is 11.3 Å². The molecular weight excluding hydrogens is 394 g/mol. The lowest BCUT2D eigenvalue weighted by atomic mass is 10.2. The Morgan fingerprint density at radius 2 is 1.89 bits per heavy atom. The highest BCUT2D eigenvalue weighted by Crippen LogP contribution is 2.31. The second kappa shape index (κ2) is 7.61. The van der Waals surface area contributed by atoms with E-state index >= 15 is 0 Å². The van der Waals surface area contributed by atoms with Gasteiger partial charge in [-0.1, -0.05) is 48.0 Å². The Balaban J connectivity index is 1.56. The summed E-state index contributed by atoms with van der Waals surface area (Å²) in [5.41, 5.74) is 3.82. The smallest absolute Gasteiger partial charge is 0.269 e. The molecule has 2 aromatic carbocycles. The standard InChI is InChI=1S/C20H16ClN5OS/c1-12-15(21)9-6-10-16(12)23-24-18-13(2)25-26(19(18)27)20-22-17(11-28-20)14-7-4-3-5-8-14/h3-11,18H,1-2H3/t18-/m1/s1. The van der Waals surface area contributed by atoms with Crippen LogP contribution in [-0.4, -0.2) is 22.6 Å². The third-order valence-electron chi connectivity index (χ3n) is 4.36. The molecule has 140 valence electrons. The first-order valence-electron chi connectivity index (χ1n) is 8.60. The number of halogens is 1. The van der Waals surface area contributed by atoms with Crippen LogP contribution >= 0.6 is 22.9 Å². The monoisotopic (exact) mass is 409 g/mol. The molecule has 1 atom stereocenters. The fourth-order valence-electron chi connectivity index (χ4n) is 2.75. The van der Waals surface area contributed by atoms with Crippen molar-refractivity contribution in [2.24, 2.45) is 15.3 Å². The van der Waals surface area contributed by atoms with Crippen molar-refractivity contribution in [3.63, 3.8) is 0 Å². The van der Waals surface area contributed by atoms with Crippen LogP contribution < -0.4 is 5.01 Å². The molecular formula is C20H16ClN5OS. The Morgan fingerprint density at radius 1 is 1.11 bits per heavy atom. The largest absolute Gasteiger partial charge is 0.282 e. The highest BCUT2D eigenvalue weighted by molar-refractivity contribution is 7.14. The van der Waals surface area contributed by atoms with Crippen molar-refractivity contribution in [2.75, 3.05) is 5.01 Å². The Bertz CT molecular complexity index is 1090. The third kappa shape index (κ3) is 3.46. The van der Waals surface area contributed by atoms with Crippen LogP contribution in [0, 0.1) is 6.92 Å². The average molecular weight is 410 g/mol. The van der Waals surface area contributed by atoms with Crippen LogP contribution in [0.2, 0.25) is 5.02 Å². The number of benzene rings is 2. The van der Waals surface area contributed by atoms with Gasteiger partial charge in [-0.25, -0.2) is 4.98 Å². The van der Waals surface area contributed by atoms with E-state index in [4.69, 9.17) is 11.6 Å². The maximum atomic E-state index is 12.8. The number of thiazole rings is 1. The summed E-state index contributed by atoms with van der Waals surface area (Å²) in [7, 11) is 0. The van der Waals surface area contributed by atoms with Gasteiger partial charge in [0.2, 0.25) is 5.13 Å². The zero-order valence-electron chi connectivity index (χ0n) is 15.2. The first-order valence-corrected chi connectivity index (χ1v) is 9.86. The Morgan fingerprint density at radius 3 is 2.68 bits per heavy atom. The molecule has 0 spiro atoms. The van der Waals surface area contributed by atoms with Crippen molar-refractivity contribution >= 4 is 45.4 Å². The second-order valence-corrected chi connectivity index (χ2v) is 7.52. The van der Waals surface area contributed by atoms with Crippen LogP contribution in [0.15, 0.2) is 69.2 Å². The van der Waals surface area contributed by atoms with E-state index in [9.17, 15) is 4.79 Å². The average Bonchev–Trinajstić information content (AvgIpc) is 3.29. The van der Waals surface area contributed by atoms with Gasteiger partial charge in [-0.2, -0.15) is 20.3 Å². The van der Waals surface area contributed by atoms with Crippen LogP contribution in [0.25, 0.3) is 11.3 Å². The van der Waals surface area contributed by atoms with Gasteiger partial charge >= 0.3 is 0 Å². The summed E-state index contributed by atoms with van der Waals surface area (Å²) in [4.78, 5) is 17.4. The molecule has 1 amide bonds. The molecule has 1 aromatic heterocycles. The first kappa shape index (κ1) is 18.5. The highest BCUT2D eigenvalue weighted by atomic mass is 35.5. The van der Waals surface area contributed by atoms with E-state index in [0.29, 0.717) is 21.6 Å². The zero-order valence-corrected chi connectivity index (χ0v) is 16.8. The number of carbonyl (C=O) groups is 1. The molecule has 0 unspecified atom stereocenters. The minimum atomic E-state index is -0.762. The maximum absolute atomic E-state index is 12.8. The van der Waals surface area contributed by atoms with Crippen molar-refractivity contribution in [2.45, 2.75) is 19.9 Å². The van der Waals surface area contributed by atoms with Crippen LogP contribution in [0.4, 0.5) is 10.8 Å². The van der Waals surface area contributed by atoms with Gasteiger partial charge in [0.1, 0.15) is 0 Å². The van der Waals surface area contributed by atoms with Gasteiger partial charge in [0.25, 0.3) is 5.91 Å². The number of hydrogen-bond acceptors (Lipinski definition) is 6. The molecule has 8 heteroatoms. The summed E-state index contributed by atoms with van der Waals surface area (Å²) in [6.45, 7) is 3.62. The number of hydrazone groups is 1. The second-order valence-electron chi connectivity index (χ2n) is 6.27. The zero-order chi connectivity index (χ0) is 19.7. The van der Waals surface area contributed by atoms with E-state index in [1.165, 1.54) is 16.3 Å². The minimum absolute atomic E-state index is 0.269. The van der Waals surface area contributed by atoms with E-state index in [-0.39, 0.29) is 5.91 Å². The lowest BCUT2D eigenvalue weighted by Crippen LogP contribution is -2.29. The van der Waals surface area contributed by atoms with Crippen molar-refractivity contribution in [3.8, 4) is 11.3 Å². The maximum Gasteiger partial charge on any atom is 0.282 e. The molecule has 0 N–H and O–H groups in total. The van der Waals surface area contributed by atoms with Gasteiger partial charge in [0.15, 0.2) is 6.04 Å². The van der Waals surface area contributed by atoms with Crippen LogP contribution in [0.1, 0.15) is 12.5 Å². The molecule has 4 rings (SSSR count). The van der Waals surface area contributed by atoms with E-state index in [2.05, 4.69) is 20.3 Å². The number of azo groups is 1. The number of rotatable bonds is 4. The van der Waals surface area contributed by atoms with Crippen LogP contribution in [-0.2, 0) is 4.79 Å². The normalized spacial score (nSPS) is 16.8. The summed E-state index contributed by atoms with van der Waals surface area (Å²) < 4.78 is 0. The predicted molar refractivity (Wildman–Crippen MR) is 113 cm³/mol. The lowest BCUT2D eigenvalue weighted by molar-refractivity contribution is -0.117. The number of hydrogen-bond donors (Lipinski definition) is 0. The number of anilines is 1. The molecule has 2 heterocycles. The highest BCUT2D eigenvalue weighted by Gasteiger charge is 2.36. The number of aromatic nitrogens is 1. The fraction of sp³-hybridized carbons (Fsp3) is 0.150. The topological polar surface area (TPSA) is 70.3 Å². The Labute approximate surface area is 171 Å². The quantitative estimate of drug-likeness (QED) is 0.522. The number of carbonyl (C=O) groups excluding carboxylic acids is 1. The van der Waals surface area contributed by atoms with E-state index in [0.717, 1.165) is 16.8 Å². The Kier molecular flexibility index (Phi) is 5.02. The van der Waals surface area contributed by atoms with Crippen LogP contribution in [0.5, 0.6) is 0 Å². The lowest BCUT2D eigenvalue weighted by Gasteiger charge is -2.08. The number of nitrogens with zero attached hydrogens (tertiary/aromatic N) is 5. The number of amides is 1. The summed E-state index contributed by atoms with van der Waals surface area (Å²) >= 11 is 7.48. The third-order valence-corrected chi connectivity index (χ3v) is 5.58. The van der Waals surface area contributed by atoms with Crippen molar-refractivity contribution in [1.29, 1.82) is 0 Å². The summed E-state index contributed by atoms with van der Waals surface area (Å²) in [6, 6.07) is 14.4. The van der Waals surface area contributed by atoms with Crippen molar-refractivity contribution in [1.82, 2.24) is 4.98 Å². The summed E-state index contributed by atoms with van der Waals surface area (Å²) in [6.07, 6.45) is 0. The van der Waals surface area contributed by atoms with Crippen molar-refractivity contribution in [3.05, 3.63) is 64.5 Å². The molecule has 28 heavy (non-hydrogen) atoms. The molecule has 0 fully saturated rings. The minimum Gasteiger partial charge on any atom is -0.269 e. The molecule has 3 aromatic rings. The first-order chi connectivity index (χ1) is 13.5. The van der Waals surface area contributed by atoms with Crippen molar-refractivity contribution < 1.29 is 4.79 Å². The van der Waals surface area contributed by atoms with Gasteiger partial charge in [-0.3, -0.25) is 4.79 Å².